The lowest BCUT2D eigenvalue weighted by atomic mass is 10.2. The van der Waals surface area contributed by atoms with Crippen LogP contribution in [0.4, 0.5) is 5.00 Å². The first-order chi connectivity index (χ1) is 9.88. The van der Waals surface area contributed by atoms with Crippen LogP contribution in [-0.2, 0) is 6.54 Å². The van der Waals surface area contributed by atoms with E-state index in [2.05, 4.69) is 73.7 Å². The summed E-state index contributed by atoms with van der Waals surface area (Å²) in [7, 11) is 0. The normalized spacial score (nSPS) is 10.8. The summed E-state index contributed by atoms with van der Waals surface area (Å²) >= 11 is 5.14. The van der Waals surface area contributed by atoms with E-state index >= 15 is 0 Å². The lowest BCUT2D eigenvalue weighted by Crippen LogP contribution is -2.23. The second-order valence-corrected chi connectivity index (χ2v) is 6.15. The van der Waals surface area contributed by atoms with Crippen LogP contribution in [0.2, 0.25) is 0 Å². The fourth-order valence-electron chi connectivity index (χ4n) is 2.26. The van der Waals surface area contributed by atoms with E-state index in [0.29, 0.717) is 0 Å². The van der Waals surface area contributed by atoms with Gasteiger partial charge in [-0.15, -0.1) is 0 Å². The molecule has 1 heterocycles. The molecule has 0 bridgehead atoms. The maximum absolute atomic E-state index is 4.55. The molecule has 0 N–H and O–H groups in total. The number of hydrogen-bond acceptors (Lipinski definition) is 3. The fourth-order valence-corrected chi connectivity index (χ4v) is 3.58. The van der Waals surface area contributed by atoms with Gasteiger partial charge in [0.1, 0.15) is 5.00 Å². The number of rotatable bonds is 5. The van der Waals surface area contributed by atoms with Crippen molar-refractivity contribution >= 4 is 43.4 Å². The molecular formula is C16H15BrN2S. The quantitative estimate of drug-likeness (QED) is 0.622. The molecule has 3 aromatic rings. The second-order valence-electron chi connectivity index (χ2n) is 4.60. The van der Waals surface area contributed by atoms with E-state index in [1.54, 1.807) is 11.5 Å². The van der Waals surface area contributed by atoms with Gasteiger partial charge in [-0.25, -0.2) is 0 Å². The van der Waals surface area contributed by atoms with Gasteiger partial charge in [-0.2, -0.15) is 4.37 Å². The van der Waals surface area contributed by atoms with Crippen molar-refractivity contribution in [3.05, 3.63) is 60.2 Å². The van der Waals surface area contributed by atoms with Crippen LogP contribution in [-0.4, -0.2) is 16.2 Å². The van der Waals surface area contributed by atoms with Crippen LogP contribution in [0.5, 0.6) is 0 Å². The maximum Gasteiger partial charge on any atom is 0.120 e. The molecule has 0 unspecified atom stereocenters. The summed E-state index contributed by atoms with van der Waals surface area (Å²) in [6, 6.07) is 18.9. The number of hydrogen-bond donors (Lipinski definition) is 0. The summed E-state index contributed by atoms with van der Waals surface area (Å²) < 4.78 is 4.55. The van der Waals surface area contributed by atoms with Gasteiger partial charge in [-0.3, -0.25) is 0 Å². The molecule has 20 heavy (non-hydrogen) atoms. The topological polar surface area (TPSA) is 16.1 Å². The third-order valence-corrected chi connectivity index (χ3v) is 4.52. The van der Waals surface area contributed by atoms with Crippen molar-refractivity contribution in [2.75, 3.05) is 16.8 Å². The molecule has 0 saturated heterocycles. The number of halogens is 1. The van der Waals surface area contributed by atoms with Crippen LogP contribution >= 0.6 is 27.5 Å². The first kappa shape index (κ1) is 13.6. The molecule has 0 saturated carbocycles. The van der Waals surface area contributed by atoms with Gasteiger partial charge < -0.3 is 4.90 Å². The molecule has 3 rings (SSSR count). The minimum Gasteiger partial charge on any atom is -0.357 e. The number of benzene rings is 2. The van der Waals surface area contributed by atoms with Crippen LogP contribution < -0.4 is 4.90 Å². The average Bonchev–Trinajstić information content (AvgIpc) is 2.92. The van der Waals surface area contributed by atoms with Crippen molar-refractivity contribution in [2.45, 2.75) is 6.54 Å². The van der Waals surface area contributed by atoms with Crippen molar-refractivity contribution in [1.82, 2.24) is 4.37 Å². The zero-order chi connectivity index (χ0) is 13.8. The minimum atomic E-state index is 0.915. The van der Waals surface area contributed by atoms with E-state index in [1.807, 2.05) is 6.07 Å². The smallest absolute Gasteiger partial charge is 0.120 e. The Morgan fingerprint density at radius 2 is 1.75 bits per heavy atom. The number of alkyl halides is 1. The molecule has 4 heteroatoms. The van der Waals surface area contributed by atoms with Gasteiger partial charge in [-0.1, -0.05) is 58.4 Å². The van der Waals surface area contributed by atoms with Gasteiger partial charge in [0.05, 0.1) is 5.52 Å². The lowest BCUT2D eigenvalue weighted by molar-refractivity contribution is 0.853. The van der Waals surface area contributed by atoms with Gasteiger partial charge in [0, 0.05) is 23.8 Å². The summed E-state index contributed by atoms with van der Waals surface area (Å²) in [6.45, 7) is 1.89. The standard InChI is InChI=1S/C16H15BrN2S/c17-10-11-19(12-13-6-2-1-3-7-13)16-14-8-4-5-9-15(14)18-20-16/h1-9H,10-12H2. The number of anilines is 1. The van der Waals surface area contributed by atoms with Gasteiger partial charge in [0.2, 0.25) is 0 Å². The first-order valence-electron chi connectivity index (χ1n) is 6.58. The molecule has 0 fully saturated rings. The molecule has 0 aliphatic heterocycles. The van der Waals surface area contributed by atoms with Crippen molar-refractivity contribution in [1.29, 1.82) is 0 Å². The van der Waals surface area contributed by atoms with E-state index < -0.39 is 0 Å². The predicted octanol–water partition coefficient (Wildman–Crippen LogP) is 4.70. The highest BCUT2D eigenvalue weighted by molar-refractivity contribution is 9.09. The Labute approximate surface area is 131 Å². The summed E-state index contributed by atoms with van der Waals surface area (Å²) in [5.41, 5.74) is 2.41. The van der Waals surface area contributed by atoms with Gasteiger partial charge in [0.25, 0.3) is 0 Å². The summed E-state index contributed by atoms with van der Waals surface area (Å²) in [5.74, 6) is 0. The summed E-state index contributed by atoms with van der Waals surface area (Å²) in [6.07, 6.45) is 0. The van der Waals surface area contributed by atoms with E-state index in [1.165, 1.54) is 16.0 Å². The van der Waals surface area contributed by atoms with Gasteiger partial charge >= 0.3 is 0 Å². The Kier molecular flexibility index (Phi) is 4.33. The Hall–Kier alpha value is -1.39. The molecule has 102 valence electrons. The van der Waals surface area contributed by atoms with Crippen molar-refractivity contribution < 1.29 is 0 Å². The molecule has 1 aromatic heterocycles. The molecule has 0 atom stereocenters. The molecular weight excluding hydrogens is 332 g/mol. The number of aromatic nitrogens is 1. The Morgan fingerprint density at radius 3 is 2.55 bits per heavy atom. The van der Waals surface area contributed by atoms with Crippen molar-refractivity contribution in [3.8, 4) is 0 Å². The van der Waals surface area contributed by atoms with E-state index in [4.69, 9.17) is 0 Å². The molecule has 0 aliphatic carbocycles. The molecule has 0 spiro atoms. The predicted molar refractivity (Wildman–Crippen MR) is 90.9 cm³/mol. The lowest BCUT2D eigenvalue weighted by Gasteiger charge is -2.22. The van der Waals surface area contributed by atoms with Gasteiger partial charge in [-0.05, 0) is 29.2 Å². The Bertz CT molecular complexity index is 681. The van der Waals surface area contributed by atoms with E-state index in [0.717, 1.165) is 23.9 Å². The van der Waals surface area contributed by atoms with Crippen LogP contribution in [0.1, 0.15) is 5.56 Å². The third-order valence-electron chi connectivity index (χ3n) is 3.22. The van der Waals surface area contributed by atoms with Gasteiger partial charge in [0.15, 0.2) is 0 Å². The SMILES string of the molecule is BrCCN(Cc1ccccc1)c1snc2ccccc12. The third kappa shape index (κ3) is 2.86. The fraction of sp³-hybridized carbons (Fsp3) is 0.188. The molecule has 0 amide bonds. The maximum atomic E-state index is 4.55. The zero-order valence-corrected chi connectivity index (χ0v) is 13.4. The van der Waals surface area contributed by atoms with E-state index in [-0.39, 0.29) is 0 Å². The van der Waals surface area contributed by atoms with Crippen LogP contribution in [0, 0.1) is 0 Å². The second kappa shape index (κ2) is 6.37. The summed E-state index contributed by atoms with van der Waals surface area (Å²) in [4.78, 5) is 2.39. The highest BCUT2D eigenvalue weighted by atomic mass is 79.9. The first-order valence-corrected chi connectivity index (χ1v) is 8.47. The number of fused-ring (bicyclic) bond motifs is 1. The number of nitrogens with zero attached hydrogens (tertiary/aromatic N) is 2. The monoisotopic (exact) mass is 346 g/mol. The van der Waals surface area contributed by atoms with Crippen molar-refractivity contribution in [3.63, 3.8) is 0 Å². The highest BCUT2D eigenvalue weighted by Gasteiger charge is 2.13. The zero-order valence-electron chi connectivity index (χ0n) is 11.0. The Balaban J connectivity index is 1.94. The molecule has 2 nitrogen and oxygen atoms in total. The Morgan fingerprint density at radius 1 is 1.00 bits per heavy atom. The molecule has 0 radical (unpaired) electrons. The largest absolute Gasteiger partial charge is 0.357 e. The van der Waals surface area contributed by atoms with Crippen molar-refractivity contribution in [2.24, 2.45) is 0 Å². The molecule has 0 aliphatic rings. The van der Waals surface area contributed by atoms with Crippen LogP contribution in [0.25, 0.3) is 10.9 Å². The van der Waals surface area contributed by atoms with Crippen LogP contribution in [0.15, 0.2) is 54.6 Å². The summed E-state index contributed by atoms with van der Waals surface area (Å²) in [5, 5.41) is 3.45. The minimum absolute atomic E-state index is 0.915. The van der Waals surface area contributed by atoms with E-state index in [9.17, 15) is 0 Å². The molecule has 2 aromatic carbocycles. The van der Waals surface area contributed by atoms with Crippen LogP contribution in [0.3, 0.4) is 0 Å². The highest BCUT2D eigenvalue weighted by Crippen LogP contribution is 2.32. The average molecular weight is 347 g/mol.